The summed E-state index contributed by atoms with van der Waals surface area (Å²) in [4.78, 5) is 19.9. The highest BCUT2D eigenvalue weighted by Crippen LogP contribution is 2.25. The second kappa shape index (κ2) is 10.8. The van der Waals surface area contributed by atoms with Gasteiger partial charge in [-0.05, 0) is 69.3 Å². The molecule has 0 radical (unpaired) electrons. The number of rotatable bonds is 8. The van der Waals surface area contributed by atoms with Gasteiger partial charge >= 0.3 is 0 Å². The van der Waals surface area contributed by atoms with E-state index in [0.29, 0.717) is 12.4 Å². The summed E-state index contributed by atoms with van der Waals surface area (Å²) in [5.41, 5.74) is 5.79. The van der Waals surface area contributed by atoms with Crippen LogP contribution in [0.15, 0.2) is 52.9 Å². The predicted molar refractivity (Wildman–Crippen MR) is 132 cm³/mol. The molecule has 1 N–H and O–H groups in total. The molecule has 1 amide bonds. The van der Waals surface area contributed by atoms with Crippen LogP contribution in [0.2, 0.25) is 0 Å². The van der Waals surface area contributed by atoms with Gasteiger partial charge in [-0.25, -0.2) is 4.98 Å². The first-order chi connectivity index (χ1) is 16.0. The standard InChI is InChI=1S/C28H35N3O2/c1-4-22-11-13-24(14-12-22)28-30-26(21(3)33-28)19-31-17-5-6-25(18-31)27(32)29-16-15-23-9-7-20(2)8-10-23/h7-14,25H,4-6,15-19H2,1-3H3,(H,29,32)/t25-/m0/s1. The quantitative estimate of drug-likeness (QED) is 0.525. The van der Waals surface area contributed by atoms with Gasteiger partial charge in [-0.2, -0.15) is 0 Å². The Bertz CT molecular complexity index is 1050. The smallest absolute Gasteiger partial charge is 0.226 e. The maximum Gasteiger partial charge on any atom is 0.226 e. The summed E-state index contributed by atoms with van der Waals surface area (Å²) in [5.74, 6) is 1.73. The van der Waals surface area contributed by atoms with E-state index in [1.807, 2.05) is 6.92 Å². The molecule has 0 bridgehead atoms. The van der Waals surface area contributed by atoms with Crippen molar-refractivity contribution in [2.45, 2.75) is 53.0 Å². The third kappa shape index (κ3) is 6.11. The van der Waals surface area contributed by atoms with E-state index in [9.17, 15) is 4.79 Å². The molecule has 0 unspecified atom stereocenters. The number of carbonyl (C=O) groups excluding carboxylic acids is 1. The van der Waals surface area contributed by atoms with Crippen LogP contribution in [0.3, 0.4) is 0 Å². The highest BCUT2D eigenvalue weighted by atomic mass is 16.4. The summed E-state index contributed by atoms with van der Waals surface area (Å²) in [6.07, 6.45) is 3.85. The van der Waals surface area contributed by atoms with E-state index in [2.05, 4.69) is 72.6 Å². The molecule has 33 heavy (non-hydrogen) atoms. The Kier molecular flexibility index (Phi) is 7.61. The predicted octanol–water partition coefficient (Wildman–Crippen LogP) is 5.09. The van der Waals surface area contributed by atoms with E-state index in [0.717, 1.165) is 62.3 Å². The third-order valence-corrected chi connectivity index (χ3v) is 6.58. The van der Waals surface area contributed by atoms with Gasteiger partial charge in [0.05, 0.1) is 11.6 Å². The van der Waals surface area contributed by atoms with E-state index in [1.54, 1.807) is 0 Å². The van der Waals surface area contributed by atoms with Gasteiger partial charge in [0.1, 0.15) is 5.76 Å². The number of nitrogens with zero attached hydrogens (tertiary/aromatic N) is 2. The number of benzene rings is 2. The van der Waals surface area contributed by atoms with Crippen molar-refractivity contribution in [1.82, 2.24) is 15.2 Å². The second-order valence-corrected chi connectivity index (χ2v) is 9.17. The highest BCUT2D eigenvalue weighted by molar-refractivity contribution is 5.79. The minimum atomic E-state index is 0.0324. The zero-order chi connectivity index (χ0) is 23.2. The number of likely N-dealkylation sites (tertiary alicyclic amines) is 1. The molecule has 1 fully saturated rings. The lowest BCUT2D eigenvalue weighted by Crippen LogP contribution is -2.43. The van der Waals surface area contributed by atoms with Crippen molar-refractivity contribution in [1.29, 1.82) is 0 Å². The molecule has 1 aliphatic heterocycles. The lowest BCUT2D eigenvalue weighted by atomic mass is 9.97. The molecule has 3 aromatic rings. The van der Waals surface area contributed by atoms with Crippen LogP contribution >= 0.6 is 0 Å². The molecule has 2 heterocycles. The van der Waals surface area contributed by atoms with E-state index in [4.69, 9.17) is 9.40 Å². The van der Waals surface area contributed by atoms with Gasteiger partial charge in [-0.15, -0.1) is 0 Å². The van der Waals surface area contributed by atoms with E-state index in [1.165, 1.54) is 16.7 Å². The second-order valence-electron chi connectivity index (χ2n) is 9.17. The number of piperidine rings is 1. The van der Waals surface area contributed by atoms with Gasteiger partial charge in [-0.1, -0.05) is 48.9 Å². The Hall–Kier alpha value is -2.92. The van der Waals surface area contributed by atoms with Gasteiger partial charge in [0.25, 0.3) is 0 Å². The number of carbonyl (C=O) groups is 1. The molecule has 4 rings (SSSR count). The summed E-state index contributed by atoms with van der Waals surface area (Å²) in [6, 6.07) is 16.9. The lowest BCUT2D eigenvalue weighted by molar-refractivity contribution is -0.126. The SMILES string of the molecule is CCc1ccc(-c2nc(CN3CCC[C@H](C(=O)NCCc4ccc(C)cc4)C3)c(C)o2)cc1. The van der Waals surface area contributed by atoms with Crippen molar-refractivity contribution in [2.24, 2.45) is 5.92 Å². The maximum atomic E-state index is 12.8. The molecule has 0 aliphatic carbocycles. The Morgan fingerprint density at radius 3 is 2.55 bits per heavy atom. The molecule has 1 aliphatic rings. The number of oxazole rings is 1. The molecular weight excluding hydrogens is 410 g/mol. The summed E-state index contributed by atoms with van der Waals surface area (Å²) < 4.78 is 5.98. The van der Waals surface area contributed by atoms with Crippen molar-refractivity contribution in [3.05, 3.63) is 76.7 Å². The Morgan fingerprint density at radius 1 is 1.09 bits per heavy atom. The van der Waals surface area contributed by atoms with Crippen LogP contribution < -0.4 is 5.32 Å². The number of aromatic nitrogens is 1. The van der Waals surface area contributed by atoms with Crippen molar-refractivity contribution in [3.63, 3.8) is 0 Å². The number of hydrogen-bond donors (Lipinski definition) is 1. The molecule has 0 spiro atoms. The average molecular weight is 446 g/mol. The largest absolute Gasteiger partial charge is 0.441 e. The molecule has 1 saturated heterocycles. The number of aryl methyl sites for hydroxylation is 3. The Balaban J connectivity index is 1.30. The number of nitrogens with one attached hydrogen (secondary N) is 1. The summed E-state index contributed by atoms with van der Waals surface area (Å²) in [7, 11) is 0. The normalized spacial score (nSPS) is 16.6. The van der Waals surface area contributed by atoms with Gasteiger partial charge in [0, 0.05) is 25.2 Å². The third-order valence-electron chi connectivity index (χ3n) is 6.58. The molecule has 5 heteroatoms. The van der Waals surface area contributed by atoms with Crippen LogP contribution in [-0.4, -0.2) is 35.4 Å². The van der Waals surface area contributed by atoms with Crippen molar-refractivity contribution < 1.29 is 9.21 Å². The highest BCUT2D eigenvalue weighted by Gasteiger charge is 2.26. The topological polar surface area (TPSA) is 58.4 Å². The average Bonchev–Trinajstić information content (AvgIpc) is 3.20. The molecule has 5 nitrogen and oxygen atoms in total. The van der Waals surface area contributed by atoms with Gasteiger partial charge in [-0.3, -0.25) is 9.69 Å². The van der Waals surface area contributed by atoms with E-state index < -0.39 is 0 Å². The monoisotopic (exact) mass is 445 g/mol. The molecular formula is C28H35N3O2. The molecule has 0 saturated carbocycles. The van der Waals surface area contributed by atoms with E-state index in [-0.39, 0.29) is 11.8 Å². The van der Waals surface area contributed by atoms with Crippen LogP contribution in [0, 0.1) is 19.8 Å². The van der Waals surface area contributed by atoms with Gasteiger partial charge in [0.15, 0.2) is 0 Å². The Labute approximate surface area is 197 Å². The van der Waals surface area contributed by atoms with Crippen molar-refractivity contribution in [2.75, 3.05) is 19.6 Å². The van der Waals surface area contributed by atoms with Gasteiger partial charge < -0.3 is 9.73 Å². The first-order valence-electron chi connectivity index (χ1n) is 12.1. The molecule has 174 valence electrons. The zero-order valence-electron chi connectivity index (χ0n) is 20.1. The van der Waals surface area contributed by atoms with Crippen LogP contribution in [0.4, 0.5) is 0 Å². The maximum absolute atomic E-state index is 12.8. The van der Waals surface area contributed by atoms with Crippen LogP contribution in [0.5, 0.6) is 0 Å². The van der Waals surface area contributed by atoms with Crippen molar-refractivity contribution in [3.8, 4) is 11.5 Å². The minimum absolute atomic E-state index is 0.0324. The first kappa shape index (κ1) is 23.2. The lowest BCUT2D eigenvalue weighted by Gasteiger charge is -2.31. The van der Waals surface area contributed by atoms with Crippen LogP contribution in [0.1, 0.15) is 47.9 Å². The fourth-order valence-corrected chi connectivity index (χ4v) is 4.44. The van der Waals surface area contributed by atoms with Crippen molar-refractivity contribution >= 4 is 5.91 Å². The minimum Gasteiger partial charge on any atom is -0.441 e. The molecule has 2 aromatic carbocycles. The van der Waals surface area contributed by atoms with E-state index >= 15 is 0 Å². The number of hydrogen-bond acceptors (Lipinski definition) is 4. The fourth-order valence-electron chi connectivity index (χ4n) is 4.44. The van der Waals surface area contributed by atoms with Gasteiger partial charge in [0.2, 0.25) is 11.8 Å². The van der Waals surface area contributed by atoms with Crippen LogP contribution in [0.25, 0.3) is 11.5 Å². The zero-order valence-corrected chi connectivity index (χ0v) is 20.1. The first-order valence-corrected chi connectivity index (χ1v) is 12.1. The molecule has 1 atom stereocenters. The summed E-state index contributed by atoms with van der Waals surface area (Å²) in [5, 5.41) is 3.15. The fraction of sp³-hybridized carbons (Fsp3) is 0.429. The summed E-state index contributed by atoms with van der Waals surface area (Å²) in [6.45, 7) is 9.37. The summed E-state index contributed by atoms with van der Waals surface area (Å²) >= 11 is 0. The van der Waals surface area contributed by atoms with Crippen LogP contribution in [-0.2, 0) is 24.2 Å². The number of amides is 1. The Morgan fingerprint density at radius 2 is 1.82 bits per heavy atom. The molecule has 1 aromatic heterocycles.